The first-order chi connectivity index (χ1) is 18.8. The van der Waals surface area contributed by atoms with E-state index in [1.165, 1.54) is 29.5 Å². The number of benzene rings is 2. The molecule has 2 aromatic heterocycles. The van der Waals surface area contributed by atoms with Crippen LogP contribution in [-0.2, 0) is 9.53 Å². The number of methoxy groups -OCH3 is 1. The van der Waals surface area contributed by atoms with Gasteiger partial charge in [0, 0.05) is 41.8 Å². The largest absolute Gasteiger partial charge is 0.375 e. The number of pyridine rings is 1. The van der Waals surface area contributed by atoms with Crippen molar-refractivity contribution < 1.29 is 9.53 Å². The first-order valence-electron chi connectivity index (χ1n) is 12.9. The number of carbonyl (C=O) groups excluding carboxylic acids is 1. The van der Waals surface area contributed by atoms with Crippen molar-refractivity contribution in [2.24, 2.45) is 0 Å². The summed E-state index contributed by atoms with van der Waals surface area (Å²) in [6.45, 7) is 8.65. The summed E-state index contributed by atoms with van der Waals surface area (Å²) in [4.78, 5) is 18.8. The number of anilines is 2. The van der Waals surface area contributed by atoms with Gasteiger partial charge in [0.05, 0.1) is 17.8 Å². The fraction of sp³-hybridized carbons (Fsp3) is 0.258. The molecular formula is C31H33N5O2S. The van der Waals surface area contributed by atoms with E-state index < -0.39 is 0 Å². The van der Waals surface area contributed by atoms with Gasteiger partial charge in [-0.3, -0.25) is 9.78 Å². The second-order valence-corrected chi connectivity index (χ2v) is 10.3. The molecule has 0 aliphatic carbocycles. The van der Waals surface area contributed by atoms with Gasteiger partial charge in [0.15, 0.2) is 5.11 Å². The van der Waals surface area contributed by atoms with Crippen LogP contribution in [0, 0.1) is 27.7 Å². The summed E-state index contributed by atoms with van der Waals surface area (Å²) in [6, 6.07) is 22.1. The fourth-order valence-electron chi connectivity index (χ4n) is 5.42. The van der Waals surface area contributed by atoms with Crippen molar-refractivity contribution >= 4 is 34.6 Å². The Hall–Kier alpha value is -4.01. The van der Waals surface area contributed by atoms with E-state index in [4.69, 9.17) is 21.9 Å². The molecule has 5 rings (SSSR count). The van der Waals surface area contributed by atoms with Crippen molar-refractivity contribution in [1.29, 1.82) is 0 Å². The summed E-state index contributed by atoms with van der Waals surface area (Å²) in [5.41, 5.74) is 9.74. The topological polar surface area (TPSA) is 71.4 Å². The molecule has 7 nitrogen and oxygen atoms in total. The number of amides is 1. The van der Waals surface area contributed by atoms with Crippen LogP contribution in [0.15, 0.2) is 72.9 Å². The van der Waals surface area contributed by atoms with E-state index in [1.54, 1.807) is 0 Å². The summed E-state index contributed by atoms with van der Waals surface area (Å²) in [6.07, 6.45) is 1.82. The number of carbonyl (C=O) groups is 1. The lowest BCUT2D eigenvalue weighted by molar-refractivity contribution is -0.119. The predicted octanol–water partition coefficient (Wildman–Crippen LogP) is 5.87. The van der Waals surface area contributed by atoms with Crippen LogP contribution in [0.25, 0.3) is 5.69 Å². The van der Waals surface area contributed by atoms with Gasteiger partial charge in [-0.25, -0.2) is 0 Å². The standard InChI is InChI=1S/C31H33N5O2S/c1-19-9-8-11-27(21(19)3)35-20(2)17-25(22(35)4)30-29(26-10-6-7-16-32-26)34-31(39)36(30)24-14-12-23(13-15-24)33-28(37)18-38-5/h6-17,29-30H,18H2,1-5H3,(H,33,37)(H,34,39)/t29-,30+/m1/s1. The summed E-state index contributed by atoms with van der Waals surface area (Å²) in [5, 5.41) is 7.03. The predicted molar refractivity (Wildman–Crippen MR) is 160 cm³/mol. The van der Waals surface area contributed by atoms with Gasteiger partial charge in [-0.15, -0.1) is 0 Å². The van der Waals surface area contributed by atoms with Crippen LogP contribution in [0.1, 0.15) is 45.9 Å². The maximum atomic E-state index is 12.0. The van der Waals surface area contributed by atoms with Crippen molar-refractivity contribution in [2.75, 3.05) is 23.9 Å². The molecule has 1 aliphatic heterocycles. The van der Waals surface area contributed by atoms with Crippen LogP contribution in [0.3, 0.4) is 0 Å². The van der Waals surface area contributed by atoms with Gasteiger partial charge in [0.1, 0.15) is 6.61 Å². The number of ether oxygens (including phenoxy) is 1. The maximum Gasteiger partial charge on any atom is 0.250 e. The monoisotopic (exact) mass is 539 g/mol. The average Bonchev–Trinajstić information content (AvgIpc) is 3.42. The van der Waals surface area contributed by atoms with Crippen molar-refractivity contribution in [3.05, 3.63) is 107 Å². The molecule has 0 saturated carbocycles. The van der Waals surface area contributed by atoms with Gasteiger partial charge in [-0.1, -0.05) is 18.2 Å². The molecule has 0 bridgehead atoms. The van der Waals surface area contributed by atoms with Crippen LogP contribution in [0.5, 0.6) is 0 Å². The quantitative estimate of drug-likeness (QED) is 0.286. The molecule has 1 saturated heterocycles. The molecule has 0 spiro atoms. The fourth-order valence-corrected chi connectivity index (χ4v) is 5.76. The summed E-state index contributed by atoms with van der Waals surface area (Å²) in [5.74, 6) is -0.199. The molecule has 4 aromatic rings. The Bertz CT molecular complexity index is 1510. The summed E-state index contributed by atoms with van der Waals surface area (Å²) in [7, 11) is 1.50. The zero-order valence-corrected chi connectivity index (χ0v) is 23.7. The first-order valence-corrected chi connectivity index (χ1v) is 13.4. The molecular weight excluding hydrogens is 506 g/mol. The average molecular weight is 540 g/mol. The molecule has 1 amide bonds. The Morgan fingerprint density at radius 1 is 1.05 bits per heavy atom. The molecule has 0 unspecified atom stereocenters. The van der Waals surface area contributed by atoms with Gasteiger partial charge in [-0.2, -0.15) is 0 Å². The zero-order valence-electron chi connectivity index (χ0n) is 22.9. The Labute approximate surface area is 234 Å². The molecule has 39 heavy (non-hydrogen) atoms. The van der Waals surface area contributed by atoms with Crippen LogP contribution < -0.4 is 15.5 Å². The number of hydrogen-bond acceptors (Lipinski definition) is 4. The number of nitrogens with one attached hydrogen (secondary N) is 2. The minimum atomic E-state index is -0.199. The number of aromatic nitrogens is 2. The lowest BCUT2D eigenvalue weighted by Crippen LogP contribution is -2.29. The number of rotatable bonds is 7. The normalized spacial score (nSPS) is 16.8. The number of thiocarbonyl (C=S) groups is 1. The maximum absolute atomic E-state index is 12.0. The van der Waals surface area contributed by atoms with Gasteiger partial charge in [0.25, 0.3) is 0 Å². The molecule has 3 heterocycles. The minimum Gasteiger partial charge on any atom is -0.375 e. The van der Waals surface area contributed by atoms with Crippen LogP contribution in [0.2, 0.25) is 0 Å². The van der Waals surface area contributed by atoms with Crippen molar-refractivity contribution in [2.45, 2.75) is 39.8 Å². The molecule has 2 N–H and O–H groups in total. The third-order valence-electron chi connectivity index (χ3n) is 7.41. The van der Waals surface area contributed by atoms with Crippen molar-refractivity contribution in [1.82, 2.24) is 14.9 Å². The zero-order chi connectivity index (χ0) is 27.7. The van der Waals surface area contributed by atoms with E-state index in [2.05, 4.69) is 72.1 Å². The van der Waals surface area contributed by atoms with Crippen LogP contribution in [-0.4, -0.2) is 34.3 Å². The summed E-state index contributed by atoms with van der Waals surface area (Å²) >= 11 is 5.92. The van der Waals surface area contributed by atoms with E-state index in [0.717, 1.165) is 22.8 Å². The molecule has 0 radical (unpaired) electrons. The smallest absolute Gasteiger partial charge is 0.250 e. The Balaban J connectivity index is 1.60. The molecule has 200 valence electrons. The third kappa shape index (κ3) is 5.05. The highest BCUT2D eigenvalue weighted by Crippen LogP contribution is 2.44. The van der Waals surface area contributed by atoms with Gasteiger partial charge < -0.3 is 24.8 Å². The highest BCUT2D eigenvalue weighted by Gasteiger charge is 2.42. The second-order valence-electron chi connectivity index (χ2n) is 9.91. The number of hydrogen-bond donors (Lipinski definition) is 2. The van der Waals surface area contributed by atoms with E-state index in [1.807, 2.05) is 48.7 Å². The van der Waals surface area contributed by atoms with Crippen LogP contribution >= 0.6 is 12.2 Å². The van der Waals surface area contributed by atoms with E-state index >= 15 is 0 Å². The molecule has 2 aromatic carbocycles. The lowest BCUT2D eigenvalue weighted by atomic mass is 9.96. The minimum absolute atomic E-state index is 0.00570. The highest BCUT2D eigenvalue weighted by atomic mass is 32.1. The first kappa shape index (κ1) is 26.6. The SMILES string of the molecule is COCC(=O)Nc1ccc(N2C(=S)N[C@H](c3ccccn3)[C@@H]2c2cc(C)n(-c3cccc(C)c3C)c2C)cc1. The van der Waals surface area contributed by atoms with E-state index in [0.29, 0.717) is 10.8 Å². The Kier molecular flexibility index (Phi) is 7.50. The third-order valence-corrected chi connectivity index (χ3v) is 7.72. The second kappa shape index (κ2) is 11.0. The highest BCUT2D eigenvalue weighted by molar-refractivity contribution is 7.80. The number of aryl methyl sites for hydroxylation is 2. The molecule has 1 aliphatic rings. The Morgan fingerprint density at radius 2 is 1.82 bits per heavy atom. The molecule has 2 atom stereocenters. The van der Waals surface area contributed by atoms with Gasteiger partial charge >= 0.3 is 0 Å². The van der Waals surface area contributed by atoms with Gasteiger partial charge in [0.2, 0.25) is 5.91 Å². The number of nitrogens with zero attached hydrogens (tertiary/aromatic N) is 3. The summed E-state index contributed by atoms with van der Waals surface area (Å²) < 4.78 is 7.26. The molecule has 8 heteroatoms. The Morgan fingerprint density at radius 3 is 2.51 bits per heavy atom. The van der Waals surface area contributed by atoms with E-state index in [-0.39, 0.29) is 24.6 Å². The van der Waals surface area contributed by atoms with E-state index in [9.17, 15) is 4.79 Å². The lowest BCUT2D eigenvalue weighted by Gasteiger charge is -2.28. The van der Waals surface area contributed by atoms with Crippen molar-refractivity contribution in [3.63, 3.8) is 0 Å². The molecule has 1 fully saturated rings. The van der Waals surface area contributed by atoms with Crippen LogP contribution in [0.4, 0.5) is 11.4 Å². The van der Waals surface area contributed by atoms with Crippen molar-refractivity contribution in [3.8, 4) is 5.69 Å². The van der Waals surface area contributed by atoms with Gasteiger partial charge in [-0.05, 0) is 105 Å².